The first-order chi connectivity index (χ1) is 18.8. The number of carbonyl (C=O) groups excluding carboxylic acids is 5. The number of aromatic hydroxyl groups is 1. The molecule has 1 heterocycles. The Bertz CT molecular complexity index is 1070. The van der Waals surface area contributed by atoms with E-state index in [1.807, 2.05) is 0 Å². The van der Waals surface area contributed by atoms with E-state index in [2.05, 4.69) is 16.0 Å². The van der Waals surface area contributed by atoms with Crippen LogP contribution in [0.2, 0.25) is 0 Å². The van der Waals surface area contributed by atoms with E-state index < -0.39 is 72.2 Å². The monoisotopic (exact) mass is 562 g/mol. The topological polar surface area (TPSA) is 202 Å². The van der Waals surface area contributed by atoms with Gasteiger partial charge in [0.2, 0.25) is 23.6 Å². The molecule has 0 aliphatic carbocycles. The van der Waals surface area contributed by atoms with Gasteiger partial charge in [0.25, 0.3) is 0 Å². The van der Waals surface area contributed by atoms with Crippen LogP contribution in [-0.4, -0.2) is 92.9 Å². The number of carboxylic acids is 1. The van der Waals surface area contributed by atoms with Crippen molar-refractivity contribution in [3.8, 4) is 5.75 Å². The number of nitrogens with one attached hydrogen (secondary N) is 3. The minimum Gasteiger partial charge on any atom is -0.508 e. The highest BCUT2D eigenvalue weighted by atomic mass is 16.4. The second-order valence-electron chi connectivity index (χ2n) is 10.2. The van der Waals surface area contributed by atoms with E-state index in [9.17, 15) is 39.0 Å². The average Bonchev–Trinajstić information content (AvgIpc) is 3.37. The molecule has 0 bridgehead atoms. The van der Waals surface area contributed by atoms with Crippen molar-refractivity contribution in [3.63, 3.8) is 0 Å². The molecular formula is C27H38N4O9. The molecule has 0 aromatic heterocycles. The molecule has 0 saturated carbocycles. The summed E-state index contributed by atoms with van der Waals surface area (Å²) < 4.78 is 0. The average molecular weight is 563 g/mol. The van der Waals surface area contributed by atoms with Crippen molar-refractivity contribution >= 4 is 35.9 Å². The maximum Gasteiger partial charge on any atom is 0.305 e. The summed E-state index contributed by atoms with van der Waals surface area (Å²) >= 11 is 0. The standard InChI is InChI=1S/C27H38N4O9/c1-15(2)23(27(40)31-11-4-5-21(31)26(39)28-18(10-12-32)14-22(35)36)30-25(38)20(29-24(37)16(3)33)13-17-6-8-19(34)9-7-17/h6-9,12,15-16,18,20-21,23,33-34H,4-5,10-11,13-14H2,1-3H3,(H,28,39)(H,29,37)(H,30,38)(H,35,36)/t16?,18-,20+,21+,23+/m1/s1. The molecule has 6 N–H and O–H groups in total. The zero-order valence-electron chi connectivity index (χ0n) is 22.8. The molecule has 1 aliphatic rings. The van der Waals surface area contributed by atoms with Gasteiger partial charge in [-0.2, -0.15) is 0 Å². The van der Waals surface area contributed by atoms with E-state index in [1.165, 1.54) is 24.0 Å². The lowest BCUT2D eigenvalue weighted by Crippen LogP contribution is -2.59. The summed E-state index contributed by atoms with van der Waals surface area (Å²) in [5.41, 5.74) is 0.610. The molecule has 1 aromatic rings. The number of rotatable bonds is 14. The van der Waals surface area contributed by atoms with Gasteiger partial charge >= 0.3 is 5.97 Å². The fourth-order valence-electron chi connectivity index (χ4n) is 4.44. The molecular weight excluding hydrogens is 524 g/mol. The van der Waals surface area contributed by atoms with E-state index in [1.54, 1.807) is 26.0 Å². The van der Waals surface area contributed by atoms with E-state index in [4.69, 9.17) is 5.11 Å². The van der Waals surface area contributed by atoms with Crippen LogP contribution in [0.5, 0.6) is 5.75 Å². The second kappa shape index (κ2) is 15.0. The van der Waals surface area contributed by atoms with Crippen LogP contribution in [0, 0.1) is 5.92 Å². The van der Waals surface area contributed by atoms with Crippen LogP contribution in [0.4, 0.5) is 0 Å². The van der Waals surface area contributed by atoms with Gasteiger partial charge in [-0.25, -0.2) is 0 Å². The smallest absolute Gasteiger partial charge is 0.305 e. The number of aldehydes is 1. The summed E-state index contributed by atoms with van der Waals surface area (Å²) in [7, 11) is 0. The molecule has 5 atom stereocenters. The Kier molecular flexibility index (Phi) is 12.1. The molecule has 1 aliphatic heterocycles. The molecule has 40 heavy (non-hydrogen) atoms. The number of benzene rings is 1. The summed E-state index contributed by atoms with van der Waals surface area (Å²) in [6.45, 7) is 4.91. The fraction of sp³-hybridized carbons (Fsp3) is 0.556. The van der Waals surface area contributed by atoms with Crippen molar-refractivity contribution < 1.29 is 44.1 Å². The Hall–Kier alpha value is -4.00. The van der Waals surface area contributed by atoms with Crippen LogP contribution in [-0.2, 0) is 35.2 Å². The number of hydrogen-bond acceptors (Lipinski definition) is 8. The molecule has 0 spiro atoms. The molecule has 220 valence electrons. The van der Waals surface area contributed by atoms with E-state index in [-0.39, 0.29) is 25.1 Å². The van der Waals surface area contributed by atoms with Gasteiger partial charge in [0.05, 0.1) is 6.42 Å². The van der Waals surface area contributed by atoms with Crippen molar-refractivity contribution in [2.75, 3.05) is 6.54 Å². The number of phenolic OH excluding ortho intramolecular Hbond substituents is 1. The van der Waals surface area contributed by atoms with Gasteiger partial charge in [0.1, 0.15) is 36.3 Å². The Balaban J connectivity index is 2.21. The van der Waals surface area contributed by atoms with Crippen LogP contribution in [0.25, 0.3) is 0 Å². The zero-order chi connectivity index (χ0) is 30.0. The van der Waals surface area contributed by atoms with Crippen molar-refractivity contribution in [1.29, 1.82) is 0 Å². The predicted octanol–water partition coefficient (Wildman–Crippen LogP) is -0.519. The van der Waals surface area contributed by atoms with Crippen molar-refractivity contribution in [2.45, 2.75) is 83.1 Å². The highest BCUT2D eigenvalue weighted by Crippen LogP contribution is 2.21. The number of hydrogen-bond donors (Lipinski definition) is 6. The number of aliphatic hydroxyl groups is 1. The number of amides is 4. The Labute approximate surface area is 232 Å². The molecule has 2 rings (SSSR count). The third kappa shape index (κ3) is 9.33. The number of carboxylic acid groups (broad SMARTS) is 1. The molecule has 13 nitrogen and oxygen atoms in total. The SMILES string of the molecule is CC(O)C(=O)N[C@@H](Cc1ccc(O)cc1)C(=O)N[C@H](C(=O)N1CCC[C@H]1C(=O)N[C@H](CC=O)CC(=O)O)C(C)C. The van der Waals surface area contributed by atoms with Gasteiger partial charge in [-0.3, -0.25) is 24.0 Å². The fourth-order valence-corrected chi connectivity index (χ4v) is 4.44. The number of aliphatic hydroxyl groups excluding tert-OH is 1. The Morgan fingerprint density at radius 3 is 2.23 bits per heavy atom. The van der Waals surface area contributed by atoms with Gasteiger partial charge < -0.3 is 41.0 Å². The van der Waals surface area contributed by atoms with Crippen LogP contribution < -0.4 is 16.0 Å². The first kappa shape index (κ1) is 32.2. The number of aliphatic carboxylic acids is 1. The first-order valence-corrected chi connectivity index (χ1v) is 13.2. The molecule has 1 saturated heterocycles. The number of likely N-dealkylation sites (tertiary alicyclic amines) is 1. The lowest BCUT2D eigenvalue weighted by Gasteiger charge is -2.32. The highest BCUT2D eigenvalue weighted by molar-refractivity contribution is 5.95. The molecule has 1 aromatic carbocycles. The highest BCUT2D eigenvalue weighted by Gasteiger charge is 2.40. The molecule has 1 unspecified atom stereocenters. The van der Waals surface area contributed by atoms with Gasteiger partial charge in [-0.1, -0.05) is 26.0 Å². The van der Waals surface area contributed by atoms with Gasteiger partial charge in [0.15, 0.2) is 0 Å². The quantitative estimate of drug-likeness (QED) is 0.161. The van der Waals surface area contributed by atoms with Crippen molar-refractivity contribution in [2.24, 2.45) is 5.92 Å². The minimum atomic E-state index is -1.38. The van der Waals surface area contributed by atoms with Crippen molar-refractivity contribution in [3.05, 3.63) is 29.8 Å². The summed E-state index contributed by atoms with van der Waals surface area (Å²) in [5, 5.41) is 36.0. The van der Waals surface area contributed by atoms with Crippen LogP contribution in [0.3, 0.4) is 0 Å². The lowest BCUT2D eigenvalue weighted by molar-refractivity contribution is -0.143. The van der Waals surface area contributed by atoms with E-state index in [0.29, 0.717) is 24.7 Å². The van der Waals surface area contributed by atoms with Crippen LogP contribution >= 0.6 is 0 Å². The second-order valence-corrected chi connectivity index (χ2v) is 10.2. The van der Waals surface area contributed by atoms with Crippen LogP contribution in [0.15, 0.2) is 24.3 Å². The summed E-state index contributed by atoms with van der Waals surface area (Å²) in [6, 6.07) is 1.96. The predicted molar refractivity (Wildman–Crippen MR) is 142 cm³/mol. The minimum absolute atomic E-state index is 0.0139. The number of nitrogens with zero attached hydrogens (tertiary/aromatic N) is 1. The van der Waals surface area contributed by atoms with Gasteiger partial charge in [0, 0.05) is 25.4 Å². The molecule has 4 amide bonds. The summed E-state index contributed by atoms with van der Waals surface area (Å²) in [5.74, 6) is -4.13. The first-order valence-electron chi connectivity index (χ1n) is 13.2. The van der Waals surface area contributed by atoms with Crippen molar-refractivity contribution in [1.82, 2.24) is 20.9 Å². The van der Waals surface area contributed by atoms with Crippen LogP contribution in [0.1, 0.15) is 52.0 Å². The summed E-state index contributed by atoms with van der Waals surface area (Å²) in [4.78, 5) is 75.5. The maximum absolute atomic E-state index is 13.6. The van der Waals surface area contributed by atoms with Gasteiger partial charge in [-0.15, -0.1) is 0 Å². The summed E-state index contributed by atoms with van der Waals surface area (Å²) in [6.07, 6.45) is -0.661. The molecule has 13 heteroatoms. The van der Waals surface area contributed by atoms with Gasteiger partial charge in [-0.05, 0) is 43.4 Å². The Morgan fingerprint density at radius 1 is 1.02 bits per heavy atom. The maximum atomic E-state index is 13.6. The largest absolute Gasteiger partial charge is 0.508 e. The number of carbonyl (C=O) groups is 6. The molecule has 1 fully saturated rings. The van der Waals surface area contributed by atoms with E-state index in [0.717, 1.165) is 0 Å². The zero-order valence-corrected chi connectivity index (χ0v) is 22.8. The molecule has 0 radical (unpaired) electrons. The normalized spacial score (nSPS) is 17.8. The lowest BCUT2D eigenvalue weighted by atomic mass is 9.99. The Morgan fingerprint density at radius 2 is 1.68 bits per heavy atom. The number of phenols is 1. The third-order valence-corrected chi connectivity index (χ3v) is 6.61. The van der Waals surface area contributed by atoms with E-state index >= 15 is 0 Å². The third-order valence-electron chi connectivity index (χ3n) is 6.61.